The highest BCUT2D eigenvalue weighted by Gasteiger charge is 2.30. The summed E-state index contributed by atoms with van der Waals surface area (Å²) in [5.41, 5.74) is 8.85. The summed E-state index contributed by atoms with van der Waals surface area (Å²) >= 11 is 0. The minimum Gasteiger partial charge on any atom is -0.383 e. The monoisotopic (exact) mass is 678 g/mol. The van der Waals surface area contributed by atoms with E-state index in [1.807, 2.05) is 36.7 Å². The van der Waals surface area contributed by atoms with Gasteiger partial charge in [-0.25, -0.2) is 4.39 Å². The van der Waals surface area contributed by atoms with Gasteiger partial charge in [0.2, 0.25) is 11.8 Å². The van der Waals surface area contributed by atoms with E-state index in [9.17, 15) is 19.2 Å². The molecule has 3 aromatic rings. The molecule has 2 aliphatic heterocycles. The predicted octanol–water partition coefficient (Wildman–Crippen LogP) is 2.63. The molecule has 264 valence electrons. The number of rotatable bonds is 12. The summed E-state index contributed by atoms with van der Waals surface area (Å²) in [5, 5.41) is 5.93. The number of nitrogens with two attached hydrogens (primary N) is 1. The van der Waals surface area contributed by atoms with Gasteiger partial charge >= 0.3 is 0 Å². The van der Waals surface area contributed by atoms with Gasteiger partial charge in [0.05, 0.1) is 38.0 Å². The number of benzene rings is 2. The number of fused-ring (bicyclic) bond motifs is 1. The molecule has 1 aromatic heterocycles. The van der Waals surface area contributed by atoms with Crippen LogP contribution in [0, 0.1) is 11.7 Å². The van der Waals surface area contributed by atoms with Crippen molar-refractivity contribution in [3.05, 3.63) is 70.7 Å². The van der Waals surface area contributed by atoms with Crippen molar-refractivity contribution < 1.29 is 33.0 Å². The van der Waals surface area contributed by atoms with E-state index in [2.05, 4.69) is 10.6 Å². The van der Waals surface area contributed by atoms with Crippen molar-refractivity contribution in [3.8, 4) is 0 Å². The molecule has 3 heterocycles. The van der Waals surface area contributed by atoms with Crippen molar-refractivity contribution in [2.75, 3.05) is 59.7 Å². The second-order valence-electron chi connectivity index (χ2n) is 13.0. The molecular formula is C36H47FN6O6. The second-order valence-corrected chi connectivity index (χ2v) is 13.0. The van der Waals surface area contributed by atoms with Crippen LogP contribution in [0.15, 0.2) is 42.6 Å². The number of carbonyl (C=O) groups is 4. The molecular weight excluding hydrogens is 631 g/mol. The first-order valence-electron chi connectivity index (χ1n) is 16.9. The summed E-state index contributed by atoms with van der Waals surface area (Å²) in [7, 11) is 1.62. The number of methoxy groups -OCH3 is 1. The smallest absolute Gasteiger partial charge is 0.256 e. The largest absolute Gasteiger partial charge is 0.383 e. The lowest BCUT2D eigenvalue weighted by molar-refractivity contribution is -0.127. The number of carbonyl (C=O) groups excluding carboxylic acids is 4. The van der Waals surface area contributed by atoms with Crippen molar-refractivity contribution in [2.45, 2.75) is 51.7 Å². The van der Waals surface area contributed by atoms with Crippen LogP contribution in [0.5, 0.6) is 0 Å². The summed E-state index contributed by atoms with van der Waals surface area (Å²) in [6.45, 7) is 7.38. The normalized spacial score (nSPS) is 16.2. The van der Waals surface area contributed by atoms with E-state index in [4.69, 9.17) is 15.2 Å². The number of halogens is 1. The van der Waals surface area contributed by atoms with Gasteiger partial charge < -0.3 is 40.2 Å². The maximum absolute atomic E-state index is 15.1. The SMILES string of the molecule is COCCn1cc(C(=O)N2CCC(c3cc(CNC(=O)CNC(=O)C(N)C(C)C)ccc3F)CC2)c2c(C(=O)N3CCOCC3)cccc21. The second kappa shape index (κ2) is 16.4. The Kier molecular flexibility index (Phi) is 12.0. The Balaban J connectivity index is 1.26. The maximum Gasteiger partial charge on any atom is 0.256 e. The van der Waals surface area contributed by atoms with Gasteiger partial charge in [-0.15, -0.1) is 0 Å². The van der Waals surface area contributed by atoms with E-state index in [1.165, 1.54) is 6.07 Å². The van der Waals surface area contributed by atoms with Crippen molar-refractivity contribution in [1.82, 2.24) is 25.0 Å². The molecule has 1 atom stereocenters. The van der Waals surface area contributed by atoms with E-state index in [0.29, 0.717) is 87.5 Å². The fourth-order valence-electron chi connectivity index (χ4n) is 6.44. The average Bonchev–Trinajstić information content (AvgIpc) is 3.50. The number of amides is 4. The number of ether oxygens (including phenoxy) is 2. The molecule has 0 radical (unpaired) electrons. The van der Waals surface area contributed by atoms with Gasteiger partial charge in [0.15, 0.2) is 0 Å². The van der Waals surface area contributed by atoms with Crippen molar-refractivity contribution >= 4 is 34.5 Å². The Labute approximate surface area is 286 Å². The molecule has 0 saturated carbocycles. The van der Waals surface area contributed by atoms with E-state index in [0.717, 1.165) is 11.1 Å². The molecule has 0 aliphatic carbocycles. The van der Waals surface area contributed by atoms with Gasteiger partial charge in [0.1, 0.15) is 5.82 Å². The summed E-state index contributed by atoms with van der Waals surface area (Å²) < 4.78 is 27.8. The Morgan fingerprint density at radius 1 is 0.980 bits per heavy atom. The molecule has 5 rings (SSSR count). The first-order chi connectivity index (χ1) is 23.6. The third-order valence-electron chi connectivity index (χ3n) is 9.42. The first kappa shape index (κ1) is 36.0. The highest BCUT2D eigenvalue weighted by atomic mass is 19.1. The zero-order valence-electron chi connectivity index (χ0n) is 28.5. The van der Waals surface area contributed by atoms with E-state index in [1.54, 1.807) is 35.1 Å². The number of aromatic nitrogens is 1. The fraction of sp³-hybridized carbons (Fsp3) is 0.500. The number of nitrogens with zero attached hydrogens (tertiary/aromatic N) is 3. The van der Waals surface area contributed by atoms with Crippen LogP contribution in [0.1, 0.15) is 64.4 Å². The van der Waals surface area contributed by atoms with Crippen LogP contribution in [0.4, 0.5) is 4.39 Å². The van der Waals surface area contributed by atoms with Crippen LogP contribution in [0.25, 0.3) is 10.9 Å². The van der Waals surface area contributed by atoms with Gasteiger partial charge in [0.25, 0.3) is 11.8 Å². The highest BCUT2D eigenvalue weighted by molar-refractivity contribution is 6.15. The van der Waals surface area contributed by atoms with Gasteiger partial charge in [-0.1, -0.05) is 32.0 Å². The molecule has 13 heteroatoms. The molecule has 12 nitrogen and oxygen atoms in total. The molecule has 2 saturated heterocycles. The number of hydrogen-bond donors (Lipinski definition) is 3. The average molecular weight is 679 g/mol. The number of piperidine rings is 1. The fourth-order valence-corrected chi connectivity index (χ4v) is 6.44. The van der Waals surface area contributed by atoms with Gasteiger partial charge in [0, 0.05) is 69.0 Å². The van der Waals surface area contributed by atoms with Crippen LogP contribution in [0.2, 0.25) is 0 Å². The molecule has 49 heavy (non-hydrogen) atoms. The van der Waals surface area contributed by atoms with E-state index >= 15 is 4.39 Å². The van der Waals surface area contributed by atoms with E-state index in [-0.39, 0.29) is 48.5 Å². The van der Waals surface area contributed by atoms with Crippen molar-refractivity contribution in [3.63, 3.8) is 0 Å². The third kappa shape index (κ3) is 8.46. The molecule has 4 N–H and O–H groups in total. The maximum atomic E-state index is 15.1. The van der Waals surface area contributed by atoms with Crippen molar-refractivity contribution in [2.24, 2.45) is 11.7 Å². The number of likely N-dealkylation sites (tertiary alicyclic amines) is 1. The lowest BCUT2D eigenvalue weighted by atomic mass is 9.88. The molecule has 2 aromatic carbocycles. The van der Waals surface area contributed by atoms with Crippen molar-refractivity contribution in [1.29, 1.82) is 0 Å². The Hall–Kier alpha value is -4.33. The molecule has 0 bridgehead atoms. The Morgan fingerprint density at radius 2 is 1.67 bits per heavy atom. The number of morpholine rings is 1. The van der Waals surface area contributed by atoms with Crippen LogP contribution in [-0.2, 0) is 32.2 Å². The van der Waals surface area contributed by atoms with Gasteiger partial charge in [-0.2, -0.15) is 0 Å². The van der Waals surface area contributed by atoms with Gasteiger partial charge in [-0.05, 0) is 54.0 Å². The standard InChI is InChI=1S/C36H47FN6O6/c1-23(2)33(38)34(45)40-21-31(44)39-20-24-7-8-29(37)27(19-24)25-9-11-41(12-10-25)36(47)28-22-43(13-16-48-3)30-6-4-5-26(32(28)30)35(46)42-14-17-49-18-15-42/h4-8,19,22-23,25,33H,9-18,20-21,38H2,1-3H3,(H,39,44)(H,40,45). The lowest BCUT2D eigenvalue weighted by Gasteiger charge is -2.32. The Bertz CT molecular complexity index is 1660. The molecule has 2 aliphatic rings. The molecule has 4 amide bonds. The quantitative estimate of drug-likeness (QED) is 0.267. The predicted molar refractivity (Wildman–Crippen MR) is 182 cm³/mol. The summed E-state index contributed by atoms with van der Waals surface area (Å²) in [6.07, 6.45) is 2.93. The third-order valence-corrected chi connectivity index (χ3v) is 9.42. The van der Waals surface area contributed by atoms with Crippen LogP contribution >= 0.6 is 0 Å². The molecule has 0 spiro atoms. The molecule has 1 unspecified atom stereocenters. The minimum atomic E-state index is -0.697. The first-order valence-corrected chi connectivity index (χ1v) is 16.9. The summed E-state index contributed by atoms with van der Waals surface area (Å²) in [6, 6.07) is 9.63. The van der Waals surface area contributed by atoms with E-state index < -0.39 is 11.9 Å². The minimum absolute atomic E-state index is 0.0530. The van der Waals surface area contributed by atoms with Crippen LogP contribution < -0.4 is 16.4 Å². The number of nitrogens with one attached hydrogen (secondary N) is 2. The number of hydrogen-bond acceptors (Lipinski definition) is 7. The highest BCUT2D eigenvalue weighted by Crippen LogP contribution is 2.33. The zero-order valence-corrected chi connectivity index (χ0v) is 28.5. The zero-order chi connectivity index (χ0) is 35.1. The van der Waals surface area contributed by atoms with Gasteiger partial charge in [-0.3, -0.25) is 19.2 Å². The molecule has 2 fully saturated rings. The summed E-state index contributed by atoms with van der Waals surface area (Å²) in [5.74, 6) is -1.56. The summed E-state index contributed by atoms with van der Waals surface area (Å²) in [4.78, 5) is 55.7. The van der Waals surface area contributed by atoms with Crippen LogP contribution in [0.3, 0.4) is 0 Å². The Morgan fingerprint density at radius 3 is 2.37 bits per heavy atom. The topological polar surface area (TPSA) is 148 Å². The lowest BCUT2D eigenvalue weighted by Crippen LogP contribution is -2.47. The van der Waals surface area contributed by atoms with Crippen LogP contribution in [-0.4, -0.2) is 104 Å².